The maximum atomic E-state index is 14.8. The highest BCUT2D eigenvalue weighted by Gasteiger charge is 2.54. The number of fused-ring (bicyclic) bond motifs is 3. The number of rotatable bonds is 1. The minimum absolute atomic E-state index is 0.0183. The Hall–Kier alpha value is -3.26. The van der Waals surface area contributed by atoms with Crippen LogP contribution in [0.4, 0.5) is 4.39 Å². The summed E-state index contributed by atoms with van der Waals surface area (Å²) >= 11 is 0. The predicted octanol–water partition coefficient (Wildman–Crippen LogP) is 5.97. The number of carbonyl (C=O) groups is 1. The van der Waals surface area contributed by atoms with E-state index in [0.29, 0.717) is 0 Å². The highest BCUT2D eigenvalue weighted by molar-refractivity contribution is 6.23. The molecule has 0 radical (unpaired) electrons. The Balaban J connectivity index is 1.82. The summed E-state index contributed by atoms with van der Waals surface area (Å²) in [6.45, 7) is 0. The number of hydrogen-bond acceptors (Lipinski definition) is 1. The van der Waals surface area contributed by atoms with Gasteiger partial charge in [-0.25, -0.2) is 4.39 Å². The Kier molecular flexibility index (Phi) is 3.37. The van der Waals surface area contributed by atoms with Crippen LogP contribution in [0.1, 0.15) is 46.2 Å². The number of allylic oxidation sites excluding steroid dienone is 3. The van der Waals surface area contributed by atoms with Crippen LogP contribution in [0.25, 0.3) is 17.2 Å². The van der Waals surface area contributed by atoms with Gasteiger partial charge in [0.2, 0.25) is 0 Å². The molecule has 2 heteroatoms. The van der Waals surface area contributed by atoms with Crippen molar-refractivity contribution >= 4 is 23.0 Å². The first-order chi connectivity index (χ1) is 14.2. The van der Waals surface area contributed by atoms with Crippen LogP contribution < -0.4 is 0 Å². The summed E-state index contributed by atoms with van der Waals surface area (Å²) < 4.78 is 14.8. The lowest BCUT2D eigenvalue weighted by molar-refractivity contribution is -0.116. The van der Waals surface area contributed by atoms with E-state index in [1.807, 2.05) is 48.5 Å². The Morgan fingerprint density at radius 2 is 1.62 bits per heavy atom. The highest BCUT2D eigenvalue weighted by atomic mass is 19.1. The number of halogens is 1. The van der Waals surface area contributed by atoms with Crippen LogP contribution in [0.2, 0.25) is 0 Å². The van der Waals surface area contributed by atoms with Gasteiger partial charge in [-0.15, -0.1) is 0 Å². The van der Waals surface area contributed by atoms with Crippen molar-refractivity contribution in [2.45, 2.75) is 24.7 Å². The molecule has 1 nitrogen and oxygen atoms in total. The smallest absolute Gasteiger partial charge is 0.175 e. The first-order valence-electron chi connectivity index (χ1n) is 10.2. The molecule has 29 heavy (non-hydrogen) atoms. The molecule has 3 aromatic carbocycles. The molecule has 0 saturated carbocycles. The maximum absolute atomic E-state index is 14.8. The molecule has 140 valence electrons. The molecule has 0 bridgehead atoms. The van der Waals surface area contributed by atoms with E-state index in [1.165, 1.54) is 5.57 Å². The van der Waals surface area contributed by atoms with Gasteiger partial charge in [-0.2, -0.15) is 0 Å². The number of ketones is 1. The fourth-order valence-electron chi connectivity index (χ4n) is 5.64. The second-order valence-electron chi connectivity index (χ2n) is 8.10. The molecule has 0 amide bonds. The summed E-state index contributed by atoms with van der Waals surface area (Å²) in [5.41, 5.74) is 7.28. The van der Waals surface area contributed by atoms with Crippen LogP contribution >= 0.6 is 0 Å². The number of hydrogen-bond donors (Lipinski definition) is 0. The van der Waals surface area contributed by atoms with E-state index in [9.17, 15) is 9.18 Å². The minimum Gasteiger partial charge on any atom is -0.293 e. The van der Waals surface area contributed by atoms with Crippen LogP contribution in [0.5, 0.6) is 0 Å². The Morgan fingerprint density at radius 1 is 0.828 bits per heavy atom. The van der Waals surface area contributed by atoms with Crippen LogP contribution in [0.3, 0.4) is 0 Å². The molecule has 0 heterocycles. The SMILES string of the molecule is O=C1C=Cc2ccccc2[C@@]12C(c1ccccc1)=C1CCCc3cc(F)cc2c31. The van der Waals surface area contributed by atoms with Crippen LogP contribution in [-0.2, 0) is 16.6 Å². The lowest BCUT2D eigenvalue weighted by Crippen LogP contribution is -2.38. The Bertz CT molecular complexity index is 1250. The van der Waals surface area contributed by atoms with Crippen LogP contribution in [-0.4, -0.2) is 5.78 Å². The maximum Gasteiger partial charge on any atom is 0.175 e. The topological polar surface area (TPSA) is 17.1 Å². The van der Waals surface area contributed by atoms with Gasteiger partial charge in [-0.05, 0) is 82.0 Å². The zero-order valence-corrected chi connectivity index (χ0v) is 15.9. The van der Waals surface area contributed by atoms with Crippen molar-refractivity contribution < 1.29 is 9.18 Å². The molecule has 3 aromatic rings. The summed E-state index contributed by atoms with van der Waals surface area (Å²) in [5, 5.41) is 0. The van der Waals surface area contributed by atoms with Crippen molar-refractivity contribution in [3.63, 3.8) is 0 Å². The molecule has 1 atom stereocenters. The van der Waals surface area contributed by atoms with Gasteiger partial charge in [-0.1, -0.05) is 60.7 Å². The second-order valence-corrected chi connectivity index (χ2v) is 8.10. The normalized spacial score (nSPS) is 21.5. The largest absolute Gasteiger partial charge is 0.293 e. The van der Waals surface area contributed by atoms with Gasteiger partial charge in [0.25, 0.3) is 0 Å². The van der Waals surface area contributed by atoms with Crippen molar-refractivity contribution in [3.05, 3.63) is 112 Å². The summed E-state index contributed by atoms with van der Waals surface area (Å²) in [6, 6.07) is 21.5. The first kappa shape index (κ1) is 16.7. The monoisotopic (exact) mass is 378 g/mol. The molecule has 1 spiro atoms. The van der Waals surface area contributed by atoms with Gasteiger partial charge >= 0.3 is 0 Å². The number of carbonyl (C=O) groups excluding carboxylic acids is 1. The molecular formula is C27H19FO. The predicted molar refractivity (Wildman–Crippen MR) is 114 cm³/mol. The zero-order chi connectivity index (χ0) is 19.6. The standard InChI is InChI=1S/C27H19FO/c28-20-15-19-10-6-11-21-25(19)23(16-20)27(26(21)18-8-2-1-3-9-18)22-12-5-4-7-17(22)13-14-24(27)29/h1-5,7-9,12-16H,6,10-11H2/t27-/m0/s1. The van der Waals surface area contributed by atoms with Crippen LogP contribution in [0, 0.1) is 5.82 Å². The van der Waals surface area contributed by atoms with E-state index in [2.05, 4.69) is 12.1 Å². The summed E-state index contributed by atoms with van der Waals surface area (Å²) in [6.07, 6.45) is 6.32. The van der Waals surface area contributed by atoms with Gasteiger partial charge in [0.05, 0.1) is 0 Å². The fraction of sp³-hybridized carbons (Fsp3) is 0.148. The van der Waals surface area contributed by atoms with E-state index in [4.69, 9.17) is 0 Å². The summed E-state index contributed by atoms with van der Waals surface area (Å²) in [5.74, 6) is -0.238. The summed E-state index contributed by atoms with van der Waals surface area (Å²) in [4.78, 5) is 13.8. The lowest BCUT2D eigenvalue weighted by Gasteiger charge is -2.36. The molecule has 6 rings (SSSR count). The third kappa shape index (κ3) is 2.06. The molecule has 0 unspecified atom stereocenters. The number of benzene rings is 3. The Morgan fingerprint density at radius 3 is 2.48 bits per heavy atom. The fourth-order valence-corrected chi connectivity index (χ4v) is 5.64. The van der Waals surface area contributed by atoms with E-state index < -0.39 is 5.41 Å². The van der Waals surface area contributed by atoms with Crippen molar-refractivity contribution in [1.82, 2.24) is 0 Å². The van der Waals surface area contributed by atoms with Gasteiger partial charge in [0.1, 0.15) is 11.2 Å². The Labute approximate surface area is 169 Å². The zero-order valence-electron chi connectivity index (χ0n) is 15.9. The van der Waals surface area contributed by atoms with Crippen molar-refractivity contribution in [2.24, 2.45) is 0 Å². The average molecular weight is 378 g/mol. The molecule has 3 aliphatic carbocycles. The van der Waals surface area contributed by atoms with E-state index in [1.54, 1.807) is 18.2 Å². The van der Waals surface area contributed by atoms with Crippen molar-refractivity contribution in [3.8, 4) is 0 Å². The molecule has 0 aliphatic heterocycles. The van der Waals surface area contributed by atoms with Gasteiger partial charge in [0, 0.05) is 0 Å². The van der Waals surface area contributed by atoms with Gasteiger partial charge in [-0.3, -0.25) is 4.79 Å². The van der Waals surface area contributed by atoms with E-state index in [-0.39, 0.29) is 11.6 Å². The van der Waals surface area contributed by atoms with Gasteiger partial charge < -0.3 is 0 Å². The minimum atomic E-state index is -0.974. The highest BCUT2D eigenvalue weighted by Crippen LogP contribution is 2.60. The third-order valence-corrected chi connectivity index (χ3v) is 6.65. The van der Waals surface area contributed by atoms with Crippen molar-refractivity contribution in [2.75, 3.05) is 0 Å². The summed E-state index contributed by atoms with van der Waals surface area (Å²) in [7, 11) is 0. The molecule has 3 aliphatic rings. The van der Waals surface area contributed by atoms with E-state index >= 15 is 0 Å². The quantitative estimate of drug-likeness (QED) is 0.510. The molecule has 0 saturated heterocycles. The van der Waals surface area contributed by atoms with Crippen LogP contribution in [0.15, 0.2) is 72.8 Å². The van der Waals surface area contributed by atoms with E-state index in [0.717, 1.165) is 58.2 Å². The second kappa shape index (κ2) is 5.87. The molecule has 0 aromatic heterocycles. The molecule has 0 fully saturated rings. The first-order valence-corrected chi connectivity index (χ1v) is 10.2. The average Bonchev–Trinajstić information content (AvgIpc) is 3.04. The lowest BCUT2D eigenvalue weighted by atomic mass is 9.63. The molecule has 0 N–H and O–H groups in total. The number of aryl methyl sites for hydroxylation is 1. The van der Waals surface area contributed by atoms with Crippen molar-refractivity contribution in [1.29, 1.82) is 0 Å². The third-order valence-electron chi connectivity index (χ3n) is 6.65. The molecular weight excluding hydrogens is 359 g/mol. The van der Waals surface area contributed by atoms with Gasteiger partial charge in [0.15, 0.2) is 5.78 Å².